The lowest BCUT2D eigenvalue weighted by molar-refractivity contribution is 0.102. The molecular formula is C14H10BrFINO. The Morgan fingerprint density at radius 3 is 2.74 bits per heavy atom. The van der Waals surface area contributed by atoms with Crippen molar-refractivity contribution in [1.82, 2.24) is 0 Å². The minimum atomic E-state index is -0.437. The minimum absolute atomic E-state index is 0.276. The first kappa shape index (κ1) is 14.5. The van der Waals surface area contributed by atoms with E-state index in [0.29, 0.717) is 4.47 Å². The highest BCUT2D eigenvalue weighted by Crippen LogP contribution is 2.22. The van der Waals surface area contributed by atoms with Crippen LogP contribution in [0.3, 0.4) is 0 Å². The maximum atomic E-state index is 13.2. The number of hydrogen-bond donors (Lipinski definition) is 1. The Hall–Kier alpha value is -0.950. The fourth-order valence-electron chi connectivity index (χ4n) is 1.59. The number of anilines is 1. The van der Waals surface area contributed by atoms with Crippen molar-refractivity contribution < 1.29 is 9.18 Å². The lowest BCUT2D eigenvalue weighted by atomic mass is 10.1. The van der Waals surface area contributed by atoms with Crippen LogP contribution in [0.4, 0.5) is 10.1 Å². The molecule has 19 heavy (non-hydrogen) atoms. The first-order valence-corrected chi connectivity index (χ1v) is 7.37. The standard InChI is InChI=1S/C14H10BrFINO/c1-8-2-4-10(17)7-13(8)18-14(19)11-6-9(16)3-5-12(11)15/h2-7H,1H3,(H,18,19). The van der Waals surface area contributed by atoms with Crippen LogP contribution < -0.4 is 5.32 Å². The number of aryl methyl sites for hydroxylation is 1. The fraction of sp³-hybridized carbons (Fsp3) is 0.0714. The molecule has 1 N–H and O–H groups in total. The summed E-state index contributed by atoms with van der Waals surface area (Å²) in [5, 5.41) is 2.79. The summed E-state index contributed by atoms with van der Waals surface area (Å²) in [7, 11) is 0. The van der Waals surface area contributed by atoms with Crippen molar-refractivity contribution in [2.75, 3.05) is 5.32 Å². The molecule has 2 aromatic rings. The van der Waals surface area contributed by atoms with E-state index < -0.39 is 5.82 Å². The summed E-state index contributed by atoms with van der Waals surface area (Å²) in [5.41, 5.74) is 1.97. The number of hydrogen-bond acceptors (Lipinski definition) is 1. The second-order valence-electron chi connectivity index (χ2n) is 4.04. The maximum Gasteiger partial charge on any atom is 0.256 e. The largest absolute Gasteiger partial charge is 0.322 e. The van der Waals surface area contributed by atoms with Crippen LogP contribution in [-0.2, 0) is 0 Å². The van der Waals surface area contributed by atoms with Gasteiger partial charge in [0.25, 0.3) is 5.91 Å². The third-order valence-corrected chi connectivity index (χ3v) is 3.98. The van der Waals surface area contributed by atoms with Gasteiger partial charge >= 0.3 is 0 Å². The Bertz CT molecular complexity index is 645. The molecule has 1 amide bonds. The molecule has 2 nitrogen and oxygen atoms in total. The second kappa shape index (κ2) is 6.00. The van der Waals surface area contributed by atoms with Crippen LogP contribution >= 0.6 is 38.5 Å². The zero-order chi connectivity index (χ0) is 14.0. The topological polar surface area (TPSA) is 29.1 Å². The predicted octanol–water partition coefficient (Wildman–Crippen LogP) is 4.75. The lowest BCUT2D eigenvalue weighted by Gasteiger charge is -2.10. The molecular weight excluding hydrogens is 424 g/mol. The predicted molar refractivity (Wildman–Crippen MR) is 85.9 cm³/mol. The lowest BCUT2D eigenvalue weighted by Crippen LogP contribution is -2.13. The smallest absolute Gasteiger partial charge is 0.256 e. The maximum absolute atomic E-state index is 13.2. The molecule has 0 aliphatic rings. The highest BCUT2D eigenvalue weighted by molar-refractivity contribution is 14.1. The minimum Gasteiger partial charge on any atom is -0.322 e. The van der Waals surface area contributed by atoms with Crippen molar-refractivity contribution in [3.8, 4) is 0 Å². The molecule has 0 unspecified atom stereocenters. The Morgan fingerprint density at radius 2 is 2.00 bits per heavy atom. The molecule has 0 aliphatic heterocycles. The van der Waals surface area contributed by atoms with E-state index in [0.717, 1.165) is 14.8 Å². The number of halogens is 3. The van der Waals surface area contributed by atoms with Gasteiger partial charge in [0.2, 0.25) is 0 Å². The molecule has 0 spiro atoms. The van der Waals surface area contributed by atoms with Crippen LogP contribution in [0.1, 0.15) is 15.9 Å². The van der Waals surface area contributed by atoms with E-state index in [1.807, 2.05) is 25.1 Å². The van der Waals surface area contributed by atoms with E-state index in [9.17, 15) is 9.18 Å². The van der Waals surface area contributed by atoms with Crippen LogP contribution in [0, 0.1) is 16.3 Å². The third-order valence-electron chi connectivity index (χ3n) is 2.62. The van der Waals surface area contributed by atoms with Crippen LogP contribution in [0.5, 0.6) is 0 Å². The van der Waals surface area contributed by atoms with Crippen molar-refractivity contribution in [3.05, 3.63) is 61.4 Å². The number of rotatable bonds is 2. The van der Waals surface area contributed by atoms with Gasteiger partial charge in [-0.1, -0.05) is 6.07 Å². The van der Waals surface area contributed by atoms with Gasteiger partial charge in [0.1, 0.15) is 5.82 Å². The zero-order valence-corrected chi connectivity index (χ0v) is 13.7. The summed E-state index contributed by atoms with van der Waals surface area (Å²) < 4.78 is 14.8. The number of amides is 1. The van der Waals surface area contributed by atoms with Crippen molar-refractivity contribution in [2.24, 2.45) is 0 Å². The van der Waals surface area contributed by atoms with E-state index in [1.54, 1.807) is 0 Å². The van der Waals surface area contributed by atoms with Crippen LogP contribution in [-0.4, -0.2) is 5.91 Å². The van der Waals surface area contributed by atoms with E-state index >= 15 is 0 Å². The second-order valence-corrected chi connectivity index (χ2v) is 6.14. The Labute approximate surface area is 132 Å². The van der Waals surface area contributed by atoms with Gasteiger partial charge in [0, 0.05) is 13.7 Å². The number of benzene rings is 2. The van der Waals surface area contributed by atoms with E-state index in [1.165, 1.54) is 18.2 Å². The van der Waals surface area contributed by atoms with Gasteiger partial charge in [-0.25, -0.2) is 4.39 Å². The first-order valence-electron chi connectivity index (χ1n) is 5.50. The molecule has 0 bridgehead atoms. The number of carbonyl (C=O) groups is 1. The summed E-state index contributed by atoms with van der Waals surface area (Å²) in [6.45, 7) is 1.91. The van der Waals surface area contributed by atoms with E-state index in [-0.39, 0.29) is 11.5 Å². The quantitative estimate of drug-likeness (QED) is 0.680. The first-order chi connectivity index (χ1) is 8.97. The van der Waals surface area contributed by atoms with E-state index in [4.69, 9.17) is 0 Å². The molecule has 0 heterocycles. The van der Waals surface area contributed by atoms with Gasteiger partial charge < -0.3 is 5.32 Å². The van der Waals surface area contributed by atoms with Crippen LogP contribution in [0.2, 0.25) is 0 Å². The molecule has 98 valence electrons. The van der Waals surface area contributed by atoms with Crippen LogP contribution in [0.15, 0.2) is 40.9 Å². The molecule has 0 radical (unpaired) electrons. The Balaban J connectivity index is 2.30. The Kier molecular flexibility index (Phi) is 4.57. The monoisotopic (exact) mass is 433 g/mol. The van der Waals surface area contributed by atoms with Gasteiger partial charge in [-0.3, -0.25) is 4.79 Å². The van der Waals surface area contributed by atoms with Gasteiger partial charge in [-0.2, -0.15) is 0 Å². The van der Waals surface area contributed by atoms with Crippen LogP contribution in [0.25, 0.3) is 0 Å². The number of carbonyl (C=O) groups excluding carboxylic acids is 1. The average molecular weight is 434 g/mol. The van der Waals surface area contributed by atoms with Gasteiger partial charge in [-0.05, 0) is 81.3 Å². The molecule has 0 aromatic heterocycles. The van der Waals surface area contributed by atoms with Crippen molar-refractivity contribution in [3.63, 3.8) is 0 Å². The third kappa shape index (κ3) is 3.54. The molecule has 0 saturated carbocycles. The summed E-state index contributed by atoms with van der Waals surface area (Å²) >= 11 is 5.42. The van der Waals surface area contributed by atoms with Gasteiger partial charge in [0.05, 0.1) is 5.56 Å². The highest BCUT2D eigenvalue weighted by atomic mass is 127. The zero-order valence-electron chi connectivity index (χ0n) is 10.0. The summed E-state index contributed by atoms with van der Waals surface area (Å²) in [4.78, 5) is 12.1. The van der Waals surface area contributed by atoms with Crippen molar-refractivity contribution in [2.45, 2.75) is 6.92 Å². The summed E-state index contributed by atoms with van der Waals surface area (Å²) in [5.74, 6) is -0.774. The molecule has 0 atom stereocenters. The molecule has 0 fully saturated rings. The molecule has 2 rings (SSSR count). The number of nitrogens with one attached hydrogen (secondary N) is 1. The molecule has 0 saturated heterocycles. The Morgan fingerprint density at radius 1 is 1.26 bits per heavy atom. The van der Waals surface area contributed by atoms with Gasteiger partial charge in [0.15, 0.2) is 0 Å². The van der Waals surface area contributed by atoms with E-state index in [2.05, 4.69) is 43.8 Å². The van der Waals surface area contributed by atoms with Gasteiger partial charge in [-0.15, -0.1) is 0 Å². The highest BCUT2D eigenvalue weighted by Gasteiger charge is 2.12. The average Bonchev–Trinajstić information content (AvgIpc) is 2.36. The summed E-state index contributed by atoms with van der Waals surface area (Å²) in [6, 6.07) is 9.80. The fourth-order valence-corrected chi connectivity index (χ4v) is 2.51. The molecule has 0 aliphatic carbocycles. The molecule has 5 heteroatoms. The molecule has 2 aromatic carbocycles. The normalized spacial score (nSPS) is 10.3. The SMILES string of the molecule is Cc1ccc(I)cc1NC(=O)c1cc(F)ccc1Br. The van der Waals surface area contributed by atoms with Crippen molar-refractivity contribution in [1.29, 1.82) is 0 Å². The van der Waals surface area contributed by atoms with Crippen molar-refractivity contribution >= 4 is 50.1 Å². The summed E-state index contributed by atoms with van der Waals surface area (Å²) in [6.07, 6.45) is 0.